The summed E-state index contributed by atoms with van der Waals surface area (Å²) in [5, 5.41) is 0. The average molecular weight is 389 g/mol. The summed E-state index contributed by atoms with van der Waals surface area (Å²) in [4.78, 5) is 13.6. The van der Waals surface area contributed by atoms with Gasteiger partial charge in [-0.3, -0.25) is 4.79 Å². The maximum Gasteiger partial charge on any atom is 0.326 e. The lowest BCUT2D eigenvalue weighted by molar-refractivity contribution is -0.150. The van der Waals surface area contributed by atoms with Crippen LogP contribution in [0.25, 0.3) is 0 Å². The van der Waals surface area contributed by atoms with Gasteiger partial charge in [-0.1, -0.05) is 78.9 Å². The first-order valence-electron chi connectivity index (χ1n) is 9.01. The van der Waals surface area contributed by atoms with Crippen molar-refractivity contribution < 1.29 is 14.0 Å². The van der Waals surface area contributed by atoms with E-state index in [1.54, 1.807) is 12.1 Å². The molecule has 5 heteroatoms. The van der Waals surface area contributed by atoms with Crippen LogP contribution in [0.15, 0.2) is 91.0 Å². The molecule has 0 bridgehead atoms. The minimum absolute atomic E-state index is 0.0153. The Balaban J connectivity index is 2.20. The minimum atomic E-state index is -1.30. The first kappa shape index (κ1) is 20.0. The average Bonchev–Trinajstić information content (AvgIpc) is 2.76. The van der Waals surface area contributed by atoms with Crippen molar-refractivity contribution in [3.63, 3.8) is 0 Å². The van der Waals surface area contributed by atoms with Crippen LogP contribution in [0.5, 0.6) is 5.75 Å². The van der Waals surface area contributed by atoms with Gasteiger partial charge in [0.15, 0.2) is 0 Å². The van der Waals surface area contributed by atoms with E-state index in [9.17, 15) is 4.79 Å². The molecule has 3 aromatic rings. The molecule has 0 aliphatic rings. The van der Waals surface area contributed by atoms with E-state index in [2.05, 4.69) is 10.5 Å². The largest absolute Gasteiger partial charge is 0.426 e. The Bertz CT molecular complexity index is 905. The first-order chi connectivity index (χ1) is 13.6. The lowest BCUT2D eigenvalue weighted by Crippen LogP contribution is -2.60. The van der Waals surface area contributed by atoms with E-state index in [1.165, 1.54) is 0 Å². The van der Waals surface area contributed by atoms with Crippen LogP contribution >= 0.6 is 0 Å². The molecule has 0 heterocycles. The van der Waals surface area contributed by atoms with Crippen LogP contribution in [0, 0.1) is 0 Å². The number of hydrogen-bond donors (Lipinski definition) is 1. The molecule has 0 spiro atoms. The third kappa shape index (κ3) is 3.40. The normalized spacial score (nSPS) is 15.2. The standard InChI is InChI=1S/C23H22NO3Si/c1-22(27-28,18-11-5-2-6-12-18)23(17-24,19-13-7-3-8-14-19)21(25)26-20-15-9-4-10-16-20/h2-16H,17,24H2,1H3. The highest BCUT2D eigenvalue weighted by molar-refractivity contribution is 5.99. The van der Waals surface area contributed by atoms with Gasteiger partial charge in [-0.05, 0) is 30.2 Å². The molecule has 2 N–H and O–H groups in total. The van der Waals surface area contributed by atoms with Crippen LogP contribution in [0.3, 0.4) is 0 Å². The van der Waals surface area contributed by atoms with E-state index >= 15 is 0 Å². The molecule has 0 saturated carbocycles. The van der Waals surface area contributed by atoms with Gasteiger partial charge in [-0.2, -0.15) is 0 Å². The van der Waals surface area contributed by atoms with E-state index in [-0.39, 0.29) is 6.54 Å². The Morgan fingerprint density at radius 2 is 1.32 bits per heavy atom. The zero-order valence-corrected chi connectivity index (χ0v) is 16.7. The van der Waals surface area contributed by atoms with Crippen molar-refractivity contribution in [1.82, 2.24) is 0 Å². The number of esters is 1. The second kappa shape index (κ2) is 8.52. The number of benzene rings is 3. The van der Waals surface area contributed by atoms with Crippen molar-refractivity contribution in [3.05, 3.63) is 102 Å². The maximum atomic E-state index is 13.6. The van der Waals surface area contributed by atoms with Gasteiger partial charge in [-0.25, -0.2) is 0 Å². The van der Waals surface area contributed by atoms with Crippen LogP contribution in [0.2, 0.25) is 0 Å². The third-order valence-electron chi connectivity index (χ3n) is 5.22. The van der Waals surface area contributed by atoms with Crippen molar-refractivity contribution in [2.75, 3.05) is 6.54 Å². The molecule has 0 fully saturated rings. The molecular weight excluding hydrogens is 366 g/mol. The molecule has 0 amide bonds. The van der Waals surface area contributed by atoms with Crippen LogP contribution in [-0.2, 0) is 20.2 Å². The SMILES string of the molecule is CC(O[Si])(c1ccccc1)C(CN)(C(=O)Oc1ccccc1)c1ccccc1. The Labute approximate surface area is 168 Å². The Morgan fingerprint density at radius 3 is 1.79 bits per heavy atom. The van der Waals surface area contributed by atoms with Crippen LogP contribution in [-0.4, -0.2) is 23.0 Å². The second-order valence-electron chi connectivity index (χ2n) is 6.68. The van der Waals surface area contributed by atoms with Crippen molar-refractivity contribution >= 4 is 16.5 Å². The van der Waals surface area contributed by atoms with E-state index in [0.717, 1.165) is 5.56 Å². The highest BCUT2D eigenvalue weighted by Crippen LogP contribution is 2.45. The molecule has 2 unspecified atom stereocenters. The van der Waals surface area contributed by atoms with Gasteiger partial charge in [0.25, 0.3) is 0 Å². The van der Waals surface area contributed by atoms with E-state index in [0.29, 0.717) is 11.3 Å². The zero-order valence-electron chi connectivity index (χ0n) is 15.7. The minimum Gasteiger partial charge on any atom is -0.426 e. The zero-order chi connectivity index (χ0) is 20.0. The highest BCUT2D eigenvalue weighted by atomic mass is 28.2. The van der Waals surface area contributed by atoms with Gasteiger partial charge < -0.3 is 14.9 Å². The van der Waals surface area contributed by atoms with E-state index in [1.807, 2.05) is 85.8 Å². The number of ether oxygens (including phenoxy) is 1. The van der Waals surface area contributed by atoms with Crippen molar-refractivity contribution in [1.29, 1.82) is 0 Å². The summed E-state index contributed by atoms with van der Waals surface area (Å²) in [6, 6.07) is 27.8. The van der Waals surface area contributed by atoms with Crippen LogP contribution < -0.4 is 10.5 Å². The number of carbonyl (C=O) groups is 1. The second-order valence-corrected chi connectivity index (χ2v) is 6.88. The molecule has 28 heavy (non-hydrogen) atoms. The summed E-state index contributed by atoms with van der Waals surface area (Å²) < 4.78 is 11.6. The Kier molecular flexibility index (Phi) is 6.09. The quantitative estimate of drug-likeness (QED) is 0.382. The van der Waals surface area contributed by atoms with E-state index in [4.69, 9.17) is 14.9 Å². The molecule has 3 aromatic carbocycles. The summed E-state index contributed by atoms with van der Waals surface area (Å²) in [6.07, 6.45) is 0. The smallest absolute Gasteiger partial charge is 0.326 e. The van der Waals surface area contributed by atoms with Gasteiger partial charge in [0.05, 0.1) is 5.60 Å². The third-order valence-corrected chi connectivity index (χ3v) is 5.63. The predicted octanol–water partition coefficient (Wildman–Crippen LogP) is 3.50. The van der Waals surface area contributed by atoms with E-state index < -0.39 is 17.0 Å². The van der Waals surface area contributed by atoms with Crippen molar-refractivity contribution in [2.24, 2.45) is 5.73 Å². The highest BCUT2D eigenvalue weighted by Gasteiger charge is 2.57. The van der Waals surface area contributed by atoms with Gasteiger partial charge in [0.2, 0.25) is 10.5 Å². The first-order valence-corrected chi connectivity index (χ1v) is 9.42. The molecule has 4 nitrogen and oxygen atoms in total. The molecule has 0 aliphatic heterocycles. The van der Waals surface area contributed by atoms with Crippen LogP contribution in [0.4, 0.5) is 0 Å². The molecule has 141 valence electrons. The molecule has 0 aliphatic carbocycles. The fraction of sp³-hybridized carbons (Fsp3) is 0.174. The molecule has 0 aromatic heterocycles. The summed E-state index contributed by atoms with van der Waals surface area (Å²) in [5.41, 5.74) is 5.37. The molecule has 2 atom stereocenters. The fourth-order valence-electron chi connectivity index (χ4n) is 3.54. The van der Waals surface area contributed by atoms with Crippen molar-refractivity contribution in [2.45, 2.75) is 17.9 Å². The number of para-hydroxylation sites is 1. The Hall–Kier alpha value is -2.73. The predicted molar refractivity (Wildman–Crippen MR) is 110 cm³/mol. The topological polar surface area (TPSA) is 61.5 Å². The monoisotopic (exact) mass is 388 g/mol. The molecule has 3 radical (unpaired) electrons. The number of hydrogen-bond acceptors (Lipinski definition) is 4. The molecular formula is C23H22NO3Si. The van der Waals surface area contributed by atoms with Crippen molar-refractivity contribution in [3.8, 4) is 5.75 Å². The summed E-state index contributed by atoms with van der Waals surface area (Å²) in [7, 11) is 3.23. The van der Waals surface area contributed by atoms with Gasteiger partial charge >= 0.3 is 5.97 Å². The van der Waals surface area contributed by atoms with Gasteiger partial charge in [-0.15, -0.1) is 0 Å². The lowest BCUT2D eigenvalue weighted by Gasteiger charge is -2.46. The van der Waals surface area contributed by atoms with Gasteiger partial charge in [0.1, 0.15) is 11.2 Å². The maximum absolute atomic E-state index is 13.6. The summed E-state index contributed by atoms with van der Waals surface area (Å²) in [5.74, 6) is -0.0392. The van der Waals surface area contributed by atoms with Crippen LogP contribution in [0.1, 0.15) is 18.1 Å². The summed E-state index contributed by atoms with van der Waals surface area (Å²) in [6.45, 7) is 1.82. The Morgan fingerprint density at radius 1 is 0.857 bits per heavy atom. The number of nitrogens with two attached hydrogens (primary N) is 1. The van der Waals surface area contributed by atoms with Gasteiger partial charge in [0, 0.05) is 6.54 Å². The lowest BCUT2D eigenvalue weighted by atomic mass is 9.65. The number of carbonyl (C=O) groups excluding carboxylic acids is 1. The fourth-order valence-corrected chi connectivity index (χ4v) is 3.83. The molecule has 0 saturated heterocycles. The number of rotatable bonds is 7. The summed E-state index contributed by atoms with van der Waals surface area (Å²) >= 11 is 0. The molecule has 3 rings (SSSR count).